The Balaban J connectivity index is 0.00000112. The fourth-order valence-electron chi connectivity index (χ4n) is 1.61. The Bertz CT molecular complexity index is 291. The lowest BCUT2D eigenvalue weighted by atomic mass is 10.4. The summed E-state index contributed by atoms with van der Waals surface area (Å²) < 4.78 is 11.4. The molecule has 1 saturated carbocycles. The van der Waals surface area contributed by atoms with E-state index in [-0.39, 0.29) is 28.7 Å². The van der Waals surface area contributed by atoms with Crippen LogP contribution in [0.25, 0.3) is 0 Å². The second-order valence-electron chi connectivity index (χ2n) is 4.23. The highest BCUT2D eigenvalue weighted by atomic mass is 127. The van der Waals surface area contributed by atoms with Gasteiger partial charge in [-0.25, -0.2) is 0 Å². The minimum atomic E-state index is -0.719. The van der Waals surface area contributed by atoms with Gasteiger partial charge < -0.3 is 10.6 Å². The van der Waals surface area contributed by atoms with E-state index in [0.717, 1.165) is 31.9 Å². The Kier molecular flexibility index (Phi) is 4.39. The maximum Gasteiger partial charge on any atom is 0.191 e. The Labute approximate surface area is 110 Å². The first kappa shape index (κ1) is 13.2. The standard InChI is InChI=1S/C9H17N3OS.HI/c1-7-5-10-8(12-7)11-6-9(3-4-9)14(2)13;/h7H,3-6H2,1-2H3,(H2,10,11,12);1H. The fourth-order valence-corrected chi connectivity index (χ4v) is 2.56. The first-order chi connectivity index (χ1) is 6.62. The van der Waals surface area contributed by atoms with Gasteiger partial charge in [0, 0.05) is 29.6 Å². The molecule has 1 heterocycles. The highest BCUT2D eigenvalue weighted by Crippen LogP contribution is 2.40. The van der Waals surface area contributed by atoms with Crippen LogP contribution in [0.2, 0.25) is 0 Å². The minimum absolute atomic E-state index is 0. The third-order valence-corrected chi connectivity index (χ3v) is 4.67. The van der Waals surface area contributed by atoms with Crippen LogP contribution in [0.3, 0.4) is 0 Å². The number of halogens is 1. The lowest BCUT2D eigenvalue weighted by molar-refractivity contribution is 0.663. The normalized spacial score (nSPS) is 28.4. The Morgan fingerprint density at radius 1 is 1.67 bits per heavy atom. The van der Waals surface area contributed by atoms with Crippen LogP contribution >= 0.6 is 24.0 Å². The summed E-state index contributed by atoms with van der Waals surface area (Å²) in [5.74, 6) is 0.870. The van der Waals surface area contributed by atoms with Crippen LogP contribution in [0.1, 0.15) is 19.8 Å². The molecule has 1 aliphatic heterocycles. The third-order valence-electron chi connectivity index (χ3n) is 2.90. The zero-order valence-electron chi connectivity index (χ0n) is 9.08. The lowest BCUT2D eigenvalue weighted by Crippen LogP contribution is -2.42. The van der Waals surface area contributed by atoms with Crippen molar-refractivity contribution in [2.45, 2.75) is 30.6 Å². The van der Waals surface area contributed by atoms with Crippen LogP contribution in [0.4, 0.5) is 0 Å². The third kappa shape index (κ3) is 3.05. The van der Waals surface area contributed by atoms with Crippen molar-refractivity contribution in [3.05, 3.63) is 0 Å². The van der Waals surface area contributed by atoms with Crippen molar-refractivity contribution in [1.29, 1.82) is 0 Å². The summed E-state index contributed by atoms with van der Waals surface area (Å²) in [7, 11) is -0.719. The molecule has 0 saturated heterocycles. The highest BCUT2D eigenvalue weighted by molar-refractivity contribution is 14.0. The molecule has 88 valence electrons. The molecule has 2 rings (SSSR count). The predicted molar refractivity (Wildman–Crippen MR) is 74.3 cm³/mol. The molecular formula is C9H18IN3OS. The number of aliphatic imine (C=N–C) groups is 1. The van der Waals surface area contributed by atoms with E-state index < -0.39 is 10.8 Å². The number of nitrogens with one attached hydrogen (secondary N) is 2. The van der Waals surface area contributed by atoms with Crippen molar-refractivity contribution >= 4 is 40.7 Å². The van der Waals surface area contributed by atoms with Gasteiger partial charge >= 0.3 is 0 Å². The Morgan fingerprint density at radius 2 is 2.33 bits per heavy atom. The average molecular weight is 343 g/mol. The number of hydrogen-bond donors (Lipinski definition) is 2. The van der Waals surface area contributed by atoms with Crippen LogP contribution in [0.15, 0.2) is 4.99 Å². The van der Waals surface area contributed by atoms with Gasteiger partial charge in [0.05, 0.1) is 11.3 Å². The molecule has 2 aliphatic rings. The van der Waals surface area contributed by atoms with E-state index in [1.165, 1.54) is 0 Å². The van der Waals surface area contributed by atoms with Gasteiger partial charge in [0.2, 0.25) is 0 Å². The largest absolute Gasteiger partial charge is 0.355 e. The SMILES string of the molecule is CC1CN=C(NCC2(S(C)=O)CC2)N1.I. The molecule has 1 fully saturated rings. The molecule has 0 aromatic carbocycles. The lowest BCUT2D eigenvalue weighted by Gasteiger charge is -2.14. The van der Waals surface area contributed by atoms with E-state index in [1.54, 1.807) is 6.26 Å². The van der Waals surface area contributed by atoms with Crippen molar-refractivity contribution in [3.8, 4) is 0 Å². The molecule has 0 aromatic rings. The van der Waals surface area contributed by atoms with E-state index >= 15 is 0 Å². The zero-order chi connectivity index (χ0) is 10.2. The molecule has 2 N–H and O–H groups in total. The van der Waals surface area contributed by atoms with Crippen LogP contribution in [0.5, 0.6) is 0 Å². The topological polar surface area (TPSA) is 53.5 Å². The summed E-state index contributed by atoms with van der Waals surface area (Å²) in [6.07, 6.45) is 3.94. The highest BCUT2D eigenvalue weighted by Gasteiger charge is 2.46. The summed E-state index contributed by atoms with van der Waals surface area (Å²) >= 11 is 0. The average Bonchev–Trinajstić information content (AvgIpc) is 2.82. The predicted octanol–water partition coefficient (Wildman–Crippen LogP) is 0.453. The smallest absolute Gasteiger partial charge is 0.191 e. The van der Waals surface area contributed by atoms with E-state index in [0.29, 0.717) is 6.04 Å². The molecular weight excluding hydrogens is 325 g/mol. The van der Waals surface area contributed by atoms with Crippen molar-refractivity contribution in [3.63, 3.8) is 0 Å². The van der Waals surface area contributed by atoms with Crippen LogP contribution < -0.4 is 10.6 Å². The number of rotatable bonds is 3. The minimum Gasteiger partial charge on any atom is -0.355 e. The van der Waals surface area contributed by atoms with E-state index in [9.17, 15) is 4.21 Å². The van der Waals surface area contributed by atoms with Crippen molar-refractivity contribution < 1.29 is 4.21 Å². The van der Waals surface area contributed by atoms with E-state index in [4.69, 9.17) is 0 Å². The molecule has 1 aliphatic carbocycles. The van der Waals surface area contributed by atoms with E-state index in [1.807, 2.05) is 0 Å². The zero-order valence-corrected chi connectivity index (χ0v) is 12.2. The Morgan fingerprint density at radius 3 is 2.73 bits per heavy atom. The monoisotopic (exact) mass is 343 g/mol. The summed E-state index contributed by atoms with van der Waals surface area (Å²) in [4.78, 5) is 4.30. The van der Waals surface area contributed by atoms with Crippen molar-refractivity contribution in [2.75, 3.05) is 19.3 Å². The molecule has 0 bridgehead atoms. The Hall–Kier alpha value is 0.150. The maximum absolute atomic E-state index is 11.4. The molecule has 2 unspecified atom stereocenters. The summed E-state index contributed by atoms with van der Waals surface area (Å²) in [6.45, 7) is 3.72. The van der Waals surface area contributed by atoms with Gasteiger partial charge in [-0.3, -0.25) is 9.20 Å². The fraction of sp³-hybridized carbons (Fsp3) is 0.889. The van der Waals surface area contributed by atoms with Crippen LogP contribution in [-0.4, -0.2) is 40.3 Å². The first-order valence-electron chi connectivity index (χ1n) is 5.01. The molecule has 6 heteroatoms. The second-order valence-corrected chi connectivity index (χ2v) is 6.00. The van der Waals surface area contributed by atoms with Gasteiger partial charge in [-0.2, -0.15) is 0 Å². The van der Waals surface area contributed by atoms with Crippen molar-refractivity contribution in [2.24, 2.45) is 4.99 Å². The molecule has 0 amide bonds. The number of hydrogen-bond acceptors (Lipinski definition) is 4. The second kappa shape index (κ2) is 4.99. The van der Waals surface area contributed by atoms with Crippen LogP contribution in [-0.2, 0) is 10.8 Å². The molecule has 15 heavy (non-hydrogen) atoms. The molecule has 0 spiro atoms. The number of nitrogens with zero attached hydrogens (tertiary/aromatic N) is 1. The summed E-state index contributed by atoms with van der Waals surface area (Å²) in [5, 5.41) is 6.47. The molecule has 0 aromatic heterocycles. The summed E-state index contributed by atoms with van der Waals surface area (Å²) in [6, 6.07) is 0.430. The number of guanidine groups is 1. The van der Waals surface area contributed by atoms with Crippen molar-refractivity contribution in [1.82, 2.24) is 10.6 Å². The quantitative estimate of drug-likeness (QED) is 0.732. The van der Waals surface area contributed by atoms with Gasteiger partial charge in [0.15, 0.2) is 5.96 Å². The molecule has 4 nitrogen and oxygen atoms in total. The first-order valence-corrected chi connectivity index (χ1v) is 6.57. The van der Waals surface area contributed by atoms with E-state index in [2.05, 4.69) is 22.5 Å². The summed E-state index contributed by atoms with van der Waals surface area (Å²) in [5.41, 5.74) is 0. The molecule has 2 atom stereocenters. The van der Waals surface area contributed by atoms with Gasteiger partial charge in [-0.05, 0) is 19.8 Å². The van der Waals surface area contributed by atoms with Gasteiger partial charge in [-0.15, -0.1) is 24.0 Å². The van der Waals surface area contributed by atoms with Gasteiger partial charge in [0.1, 0.15) is 0 Å². The molecule has 0 radical (unpaired) electrons. The maximum atomic E-state index is 11.4. The van der Waals surface area contributed by atoms with Crippen LogP contribution in [0, 0.1) is 0 Å². The van der Waals surface area contributed by atoms with Gasteiger partial charge in [0.25, 0.3) is 0 Å². The van der Waals surface area contributed by atoms with Gasteiger partial charge in [-0.1, -0.05) is 0 Å².